The van der Waals surface area contributed by atoms with Crippen LogP contribution in [0.3, 0.4) is 0 Å². The van der Waals surface area contributed by atoms with Gasteiger partial charge < -0.3 is 4.42 Å². The van der Waals surface area contributed by atoms with Gasteiger partial charge in [-0.1, -0.05) is 152 Å². The Balaban J connectivity index is 1.28. The lowest BCUT2D eigenvalue weighted by molar-refractivity contribution is 0.677. The third kappa shape index (κ3) is 4.49. The average molecular weight is 626 g/mol. The Morgan fingerprint density at radius 1 is 0.327 bits per heavy atom. The highest BCUT2D eigenvalue weighted by Crippen LogP contribution is 2.44. The van der Waals surface area contributed by atoms with E-state index in [4.69, 9.17) is 19.4 Å². The minimum absolute atomic E-state index is 0.604. The second-order valence-corrected chi connectivity index (χ2v) is 12.4. The molecule has 0 saturated carbocycles. The van der Waals surface area contributed by atoms with Crippen molar-refractivity contribution in [2.45, 2.75) is 0 Å². The van der Waals surface area contributed by atoms with Gasteiger partial charge in [0.25, 0.3) is 0 Å². The van der Waals surface area contributed by atoms with Crippen LogP contribution >= 0.6 is 0 Å². The molecule has 4 heteroatoms. The second kappa shape index (κ2) is 11.0. The topological polar surface area (TPSA) is 51.8 Å². The first-order valence-electron chi connectivity index (χ1n) is 16.4. The van der Waals surface area contributed by atoms with Gasteiger partial charge in [0.1, 0.15) is 11.2 Å². The third-order valence-electron chi connectivity index (χ3n) is 9.50. The van der Waals surface area contributed by atoms with E-state index in [1.54, 1.807) is 0 Å². The maximum atomic E-state index is 6.96. The zero-order valence-electron chi connectivity index (χ0n) is 26.3. The van der Waals surface area contributed by atoms with Gasteiger partial charge in [0.15, 0.2) is 17.5 Å². The Kier molecular flexibility index (Phi) is 6.15. The molecule has 0 atom stereocenters. The maximum Gasteiger partial charge on any atom is 0.164 e. The van der Waals surface area contributed by atoms with Crippen LogP contribution in [0.5, 0.6) is 0 Å². The van der Waals surface area contributed by atoms with Crippen molar-refractivity contribution in [1.82, 2.24) is 15.0 Å². The van der Waals surface area contributed by atoms with Gasteiger partial charge in [-0.15, -0.1) is 0 Å². The number of aromatic nitrogens is 3. The van der Waals surface area contributed by atoms with E-state index >= 15 is 0 Å². The highest BCUT2D eigenvalue weighted by molar-refractivity contribution is 6.28. The van der Waals surface area contributed by atoms with Crippen molar-refractivity contribution in [2.75, 3.05) is 0 Å². The molecular weight excluding hydrogens is 599 g/mol. The van der Waals surface area contributed by atoms with Gasteiger partial charge in [-0.3, -0.25) is 0 Å². The lowest BCUT2D eigenvalue weighted by Gasteiger charge is -2.12. The second-order valence-electron chi connectivity index (χ2n) is 12.4. The van der Waals surface area contributed by atoms with Crippen molar-refractivity contribution in [3.05, 3.63) is 164 Å². The summed E-state index contributed by atoms with van der Waals surface area (Å²) in [4.78, 5) is 15.4. The van der Waals surface area contributed by atoms with Crippen molar-refractivity contribution < 1.29 is 4.42 Å². The molecule has 0 saturated heterocycles. The predicted octanol–water partition coefficient (Wildman–Crippen LogP) is 11.9. The Bertz CT molecular complexity index is 2860. The number of fused-ring (bicyclic) bond motifs is 9. The molecule has 8 aromatic carbocycles. The van der Waals surface area contributed by atoms with Crippen molar-refractivity contribution in [1.29, 1.82) is 0 Å². The first-order chi connectivity index (χ1) is 24.3. The largest absolute Gasteiger partial charge is 0.455 e. The van der Waals surface area contributed by atoms with Gasteiger partial charge in [-0.25, -0.2) is 15.0 Å². The quantitative estimate of drug-likeness (QED) is 0.183. The lowest BCUT2D eigenvalue weighted by atomic mass is 9.95. The smallest absolute Gasteiger partial charge is 0.164 e. The first-order valence-corrected chi connectivity index (χ1v) is 16.4. The highest BCUT2D eigenvalue weighted by atomic mass is 16.3. The maximum absolute atomic E-state index is 6.96. The number of rotatable bonds is 4. The molecular formula is C45H27N3O. The van der Waals surface area contributed by atoms with Gasteiger partial charge in [-0.05, 0) is 44.8 Å². The molecule has 0 amide bonds. The van der Waals surface area contributed by atoms with Crippen LogP contribution in [0.4, 0.5) is 0 Å². The van der Waals surface area contributed by atoms with Crippen LogP contribution in [0, 0.1) is 0 Å². The summed E-state index contributed by atoms with van der Waals surface area (Å²) < 4.78 is 6.96. The Morgan fingerprint density at radius 2 is 0.837 bits per heavy atom. The van der Waals surface area contributed by atoms with Gasteiger partial charge in [0.2, 0.25) is 0 Å². The predicted molar refractivity (Wildman–Crippen MR) is 201 cm³/mol. The molecule has 0 radical (unpaired) electrons. The van der Waals surface area contributed by atoms with E-state index in [0.717, 1.165) is 71.1 Å². The molecule has 0 spiro atoms. The zero-order chi connectivity index (χ0) is 32.3. The lowest BCUT2D eigenvalue weighted by Crippen LogP contribution is -2.00. The summed E-state index contributed by atoms with van der Waals surface area (Å²) in [6.45, 7) is 0. The molecule has 228 valence electrons. The van der Waals surface area contributed by atoms with E-state index in [1.807, 2.05) is 36.4 Å². The molecule has 0 N–H and O–H groups in total. The van der Waals surface area contributed by atoms with Crippen molar-refractivity contribution >= 4 is 54.3 Å². The molecule has 0 bridgehead atoms. The monoisotopic (exact) mass is 625 g/mol. The summed E-state index contributed by atoms with van der Waals surface area (Å²) >= 11 is 0. The Morgan fingerprint density at radius 3 is 1.57 bits per heavy atom. The number of hydrogen-bond donors (Lipinski definition) is 0. The van der Waals surface area contributed by atoms with E-state index in [9.17, 15) is 0 Å². The molecule has 0 aliphatic heterocycles. The molecule has 0 fully saturated rings. The van der Waals surface area contributed by atoms with Crippen molar-refractivity contribution in [3.63, 3.8) is 0 Å². The summed E-state index contributed by atoms with van der Waals surface area (Å²) in [6.07, 6.45) is 0. The Hall–Kier alpha value is -6.65. The summed E-state index contributed by atoms with van der Waals surface area (Å²) in [7, 11) is 0. The molecule has 0 aliphatic carbocycles. The van der Waals surface area contributed by atoms with Gasteiger partial charge >= 0.3 is 0 Å². The van der Waals surface area contributed by atoms with E-state index in [2.05, 4.69) is 127 Å². The van der Waals surface area contributed by atoms with Crippen LogP contribution in [0.15, 0.2) is 168 Å². The average Bonchev–Trinajstić information content (AvgIpc) is 3.58. The zero-order valence-corrected chi connectivity index (χ0v) is 26.3. The number of nitrogens with zero attached hydrogens (tertiary/aromatic N) is 3. The van der Waals surface area contributed by atoms with Crippen molar-refractivity contribution in [3.8, 4) is 45.3 Å². The summed E-state index contributed by atoms with van der Waals surface area (Å²) in [6, 6.07) is 56.8. The first kappa shape index (κ1) is 27.5. The van der Waals surface area contributed by atoms with Crippen molar-refractivity contribution in [2.24, 2.45) is 0 Å². The minimum Gasteiger partial charge on any atom is -0.455 e. The van der Waals surface area contributed by atoms with E-state index in [-0.39, 0.29) is 0 Å². The van der Waals surface area contributed by atoms with E-state index < -0.39 is 0 Å². The van der Waals surface area contributed by atoms with Gasteiger partial charge in [-0.2, -0.15) is 0 Å². The fourth-order valence-corrected chi connectivity index (χ4v) is 7.12. The number of hydrogen-bond acceptors (Lipinski definition) is 4. The third-order valence-corrected chi connectivity index (χ3v) is 9.50. The van der Waals surface area contributed by atoms with E-state index in [1.165, 1.54) is 10.9 Å². The fraction of sp³-hybridized carbons (Fsp3) is 0. The van der Waals surface area contributed by atoms with Crippen LogP contribution in [0.25, 0.3) is 99.5 Å². The van der Waals surface area contributed by atoms with Gasteiger partial charge in [0.05, 0.1) is 0 Å². The van der Waals surface area contributed by atoms with Crippen LogP contribution in [-0.4, -0.2) is 15.0 Å². The summed E-state index contributed by atoms with van der Waals surface area (Å²) in [5.74, 6) is 1.85. The minimum atomic E-state index is 0.604. The highest BCUT2D eigenvalue weighted by Gasteiger charge is 2.22. The van der Waals surface area contributed by atoms with Crippen LogP contribution in [0.1, 0.15) is 0 Å². The normalized spacial score (nSPS) is 11.7. The van der Waals surface area contributed by atoms with Crippen LogP contribution in [0.2, 0.25) is 0 Å². The van der Waals surface area contributed by atoms with Crippen LogP contribution in [-0.2, 0) is 0 Å². The summed E-state index contributed by atoms with van der Waals surface area (Å²) in [5, 5.41) is 8.73. The number of benzene rings is 8. The molecule has 0 aliphatic rings. The molecule has 49 heavy (non-hydrogen) atoms. The van der Waals surface area contributed by atoms with E-state index in [0.29, 0.717) is 17.5 Å². The SMILES string of the molecule is c1ccc(-c2ccc(-c3nc(-c4ccccc4)nc(-c4cc5ccc6ccccc6c5c5oc6c7ccccc7ccc6c45)n3)cc2)cc1. The fourth-order valence-electron chi connectivity index (χ4n) is 7.12. The molecule has 0 unspecified atom stereocenters. The van der Waals surface area contributed by atoms with Gasteiger partial charge in [0, 0.05) is 38.2 Å². The number of furan rings is 1. The molecule has 2 aromatic heterocycles. The summed E-state index contributed by atoms with van der Waals surface area (Å²) in [5.41, 5.74) is 6.78. The molecule has 2 heterocycles. The molecule has 4 nitrogen and oxygen atoms in total. The molecule has 10 rings (SSSR count). The molecule has 10 aromatic rings. The Labute approximate surface area is 282 Å². The van der Waals surface area contributed by atoms with Crippen LogP contribution < -0.4 is 0 Å². The standard InChI is InChI=1S/C45H27N3O/c1-3-11-28(12-4-1)29-19-22-33(23-20-29)44-46-43(32-15-5-2-6-16-32)47-45(48-44)38-27-34-24-21-30-13-7-9-17-35(30)39(34)42-40(38)37-26-25-31-14-8-10-18-36(31)41(37)49-42/h1-27H.